The summed E-state index contributed by atoms with van der Waals surface area (Å²) < 4.78 is 0. The predicted molar refractivity (Wildman–Crippen MR) is 64.0 cm³/mol. The number of hydrogen-bond donors (Lipinski definition) is 1. The van der Waals surface area contributed by atoms with Crippen molar-refractivity contribution < 1.29 is 4.79 Å². The third-order valence-corrected chi connectivity index (χ3v) is 2.61. The molecule has 4 heteroatoms. The summed E-state index contributed by atoms with van der Waals surface area (Å²) in [5.74, 6) is 0.850. The number of nitrogens with zero attached hydrogens (tertiary/aromatic N) is 2. The van der Waals surface area contributed by atoms with E-state index >= 15 is 0 Å². The van der Waals surface area contributed by atoms with Crippen molar-refractivity contribution in [2.45, 2.75) is 32.6 Å². The first kappa shape index (κ1) is 12.4. The maximum Gasteiger partial charge on any atom is 0.153 e. The van der Waals surface area contributed by atoms with Gasteiger partial charge in [-0.05, 0) is 25.1 Å². The van der Waals surface area contributed by atoms with E-state index in [2.05, 4.69) is 23.8 Å². The molecule has 0 fully saturated rings. The van der Waals surface area contributed by atoms with Crippen molar-refractivity contribution in [2.75, 3.05) is 0 Å². The second-order valence-electron chi connectivity index (χ2n) is 3.56. The number of aromatic nitrogens is 2. The molecule has 0 aliphatic rings. The highest BCUT2D eigenvalue weighted by molar-refractivity contribution is 5.76. The summed E-state index contributed by atoms with van der Waals surface area (Å²) >= 11 is 0. The average Bonchev–Trinajstić information content (AvgIpc) is 2.31. The van der Waals surface area contributed by atoms with Crippen molar-refractivity contribution in [3.05, 3.63) is 29.5 Å². The third kappa shape index (κ3) is 2.66. The van der Waals surface area contributed by atoms with E-state index < -0.39 is 0 Å². The monoisotopic (exact) mass is 219 g/mol. The summed E-state index contributed by atoms with van der Waals surface area (Å²) in [4.78, 5) is 19.3. The highest BCUT2D eigenvalue weighted by Gasteiger charge is 2.14. The van der Waals surface area contributed by atoms with Crippen LogP contribution < -0.4 is 5.73 Å². The fourth-order valence-corrected chi connectivity index (χ4v) is 1.68. The number of hydrogen-bond acceptors (Lipinski definition) is 4. The smallest absolute Gasteiger partial charge is 0.153 e. The minimum atomic E-state index is 0.299. The molecule has 1 aromatic rings. The van der Waals surface area contributed by atoms with E-state index in [0.717, 1.165) is 24.8 Å². The average molecular weight is 219 g/mol. The molecule has 1 rings (SSSR count). The molecule has 1 heterocycles. The van der Waals surface area contributed by atoms with Gasteiger partial charge in [-0.1, -0.05) is 13.8 Å². The number of rotatable bonds is 5. The van der Waals surface area contributed by atoms with Gasteiger partial charge in [-0.25, -0.2) is 9.97 Å². The topological polar surface area (TPSA) is 68.9 Å². The molecule has 0 atom stereocenters. The van der Waals surface area contributed by atoms with E-state index in [-0.39, 0.29) is 0 Å². The zero-order valence-electron chi connectivity index (χ0n) is 9.68. The lowest BCUT2D eigenvalue weighted by Gasteiger charge is -2.13. The van der Waals surface area contributed by atoms with E-state index in [9.17, 15) is 4.79 Å². The second kappa shape index (κ2) is 6.00. The Morgan fingerprint density at radius 1 is 1.44 bits per heavy atom. The molecule has 1 aromatic heterocycles. The Bertz CT molecular complexity index is 384. The van der Waals surface area contributed by atoms with Gasteiger partial charge in [0.25, 0.3) is 0 Å². The Morgan fingerprint density at radius 3 is 2.62 bits per heavy atom. The van der Waals surface area contributed by atoms with Crippen molar-refractivity contribution in [3.63, 3.8) is 0 Å². The third-order valence-electron chi connectivity index (χ3n) is 2.61. The summed E-state index contributed by atoms with van der Waals surface area (Å²) in [5, 5.41) is 0. The lowest BCUT2D eigenvalue weighted by molar-refractivity contribution is 0.112. The Hall–Kier alpha value is -1.71. The molecule has 86 valence electrons. The zero-order chi connectivity index (χ0) is 12.0. The molecular formula is C12H17N3O. The number of nitrogens with two attached hydrogens (primary N) is 1. The predicted octanol–water partition coefficient (Wildman–Crippen LogP) is 2.12. The normalized spacial score (nSPS) is 11.2. The van der Waals surface area contributed by atoms with Crippen LogP contribution in [0.1, 0.15) is 54.5 Å². The minimum Gasteiger partial charge on any atom is -0.404 e. The molecule has 0 bridgehead atoms. The molecule has 2 N–H and O–H groups in total. The fraction of sp³-hybridized carbons (Fsp3) is 0.417. The molecule has 0 aromatic carbocycles. The van der Waals surface area contributed by atoms with Gasteiger partial charge in [-0.15, -0.1) is 0 Å². The Balaban J connectivity index is 3.20. The summed E-state index contributed by atoms with van der Waals surface area (Å²) in [7, 11) is 0. The highest BCUT2D eigenvalue weighted by Crippen LogP contribution is 2.23. The van der Waals surface area contributed by atoms with E-state index in [0.29, 0.717) is 17.3 Å². The van der Waals surface area contributed by atoms with Gasteiger partial charge >= 0.3 is 0 Å². The quantitative estimate of drug-likeness (QED) is 0.770. The van der Waals surface area contributed by atoms with Gasteiger partial charge in [0.2, 0.25) is 0 Å². The molecule has 0 aliphatic heterocycles. The van der Waals surface area contributed by atoms with E-state index in [1.54, 1.807) is 12.3 Å². The number of carbonyl (C=O) groups is 1. The summed E-state index contributed by atoms with van der Waals surface area (Å²) in [6.45, 7) is 4.17. The van der Waals surface area contributed by atoms with Gasteiger partial charge < -0.3 is 5.73 Å². The van der Waals surface area contributed by atoms with Gasteiger partial charge in [-0.3, -0.25) is 4.79 Å². The lowest BCUT2D eigenvalue weighted by atomic mass is 9.96. The fourth-order valence-electron chi connectivity index (χ4n) is 1.68. The second-order valence-corrected chi connectivity index (χ2v) is 3.56. The SMILES string of the molecule is CCC(CC)c1nc(/C=C\N)ncc1C=O. The number of carbonyl (C=O) groups excluding carboxylic acids is 1. The van der Waals surface area contributed by atoms with Gasteiger partial charge in [0.1, 0.15) is 0 Å². The van der Waals surface area contributed by atoms with Crippen molar-refractivity contribution in [1.82, 2.24) is 9.97 Å². The van der Waals surface area contributed by atoms with Crippen LogP contribution in [0.2, 0.25) is 0 Å². The van der Waals surface area contributed by atoms with Gasteiger partial charge in [0.15, 0.2) is 12.1 Å². The summed E-state index contributed by atoms with van der Waals surface area (Å²) in [6, 6.07) is 0. The first-order chi connectivity index (χ1) is 7.76. The van der Waals surface area contributed by atoms with Crippen LogP contribution in [0.3, 0.4) is 0 Å². The molecule has 0 saturated heterocycles. The Labute approximate surface area is 95.6 Å². The standard InChI is InChI=1S/C12H17N3O/c1-3-9(4-2)12-10(8-16)7-14-11(15-12)5-6-13/h5-9H,3-4,13H2,1-2H3/b6-5-. The van der Waals surface area contributed by atoms with Crippen molar-refractivity contribution in [2.24, 2.45) is 5.73 Å². The summed E-state index contributed by atoms with van der Waals surface area (Å²) in [6.07, 6.45) is 7.31. The van der Waals surface area contributed by atoms with Crippen LogP contribution in [-0.4, -0.2) is 16.3 Å². The Morgan fingerprint density at radius 2 is 2.12 bits per heavy atom. The molecule has 0 amide bonds. The van der Waals surface area contributed by atoms with Crippen LogP contribution in [0.25, 0.3) is 6.08 Å². The zero-order valence-corrected chi connectivity index (χ0v) is 9.68. The van der Waals surface area contributed by atoms with Crippen LogP contribution in [0.15, 0.2) is 12.4 Å². The van der Waals surface area contributed by atoms with E-state index in [4.69, 9.17) is 5.73 Å². The molecule has 0 unspecified atom stereocenters. The first-order valence-electron chi connectivity index (χ1n) is 5.47. The maximum atomic E-state index is 10.9. The van der Waals surface area contributed by atoms with Crippen LogP contribution in [0.5, 0.6) is 0 Å². The van der Waals surface area contributed by atoms with Crippen molar-refractivity contribution >= 4 is 12.4 Å². The minimum absolute atomic E-state index is 0.299. The lowest BCUT2D eigenvalue weighted by Crippen LogP contribution is -2.06. The van der Waals surface area contributed by atoms with E-state index in [1.807, 2.05) is 0 Å². The van der Waals surface area contributed by atoms with Gasteiger partial charge in [0.05, 0.1) is 11.3 Å². The van der Waals surface area contributed by atoms with Gasteiger partial charge in [-0.2, -0.15) is 0 Å². The van der Waals surface area contributed by atoms with Gasteiger partial charge in [0, 0.05) is 12.1 Å². The van der Waals surface area contributed by atoms with E-state index in [1.165, 1.54) is 6.20 Å². The molecular weight excluding hydrogens is 202 g/mol. The molecule has 0 radical (unpaired) electrons. The van der Waals surface area contributed by atoms with Crippen LogP contribution in [0, 0.1) is 0 Å². The van der Waals surface area contributed by atoms with Crippen LogP contribution in [0.4, 0.5) is 0 Å². The molecule has 0 spiro atoms. The Kier molecular flexibility index (Phi) is 4.64. The van der Waals surface area contributed by atoms with Crippen molar-refractivity contribution in [3.8, 4) is 0 Å². The first-order valence-corrected chi connectivity index (χ1v) is 5.47. The maximum absolute atomic E-state index is 10.9. The molecule has 4 nitrogen and oxygen atoms in total. The molecule has 0 saturated carbocycles. The van der Waals surface area contributed by atoms with Crippen molar-refractivity contribution in [1.29, 1.82) is 0 Å². The highest BCUT2D eigenvalue weighted by atomic mass is 16.1. The van der Waals surface area contributed by atoms with Crippen LogP contribution >= 0.6 is 0 Å². The number of aldehydes is 1. The molecule has 0 aliphatic carbocycles. The largest absolute Gasteiger partial charge is 0.404 e. The van der Waals surface area contributed by atoms with Crippen LogP contribution in [-0.2, 0) is 0 Å². The molecule has 16 heavy (non-hydrogen) atoms. The summed E-state index contributed by atoms with van der Waals surface area (Å²) in [5.41, 5.74) is 6.69.